The van der Waals surface area contributed by atoms with Crippen LogP contribution < -0.4 is 40.1 Å². The highest BCUT2D eigenvalue weighted by Crippen LogP contribution is 1.58. The Kier molecular flexibility index (Phi) is 709. The molecule has 0 aromatic heterocycles. The average Bonchev–Trinajstić information content (AvgIpc) is 2.84. The summed E-state index contributed by atoms with van der Waals surface area (Å²) in [7, 11) is 1.50. The quantitative estimate of drug-likeness (QED) is 0.171. The second-order valence-corrected chi connectivity index (χ2v) is 4.08. The Morgan fingerprint density at radius 2 is 0.412 bits per heavy atom. The Morgan fingerprint density at radius 3 is 0.412 bits per heavy atom. The molecule has 0 atom stereocenters. The predicted octanol–water partition coefficient (Wildman–Crippen LogP) is 6.99. The molecule has 0 aliphatic heterocycles. The predicted molar refractivity (Wildman–Crippen MR) is 175 cm³/mol. The zero-order valence-corrected chi connectivity index (χ0v) is 29.2. The molecule has 7 nitrogen and oxygen atoms in total. The van der Waals surface area contributed by atoms with Crippen molar-refractivity contribution in [1.29, 1.82) is 0 Å². The number of hydrogen-bond acceptors (Lipinski definition) is 7. The third-order valence-electron chi connectivity index (χ3n) is 0. The summed E-state index contributed by atoms with van der Waals surface area (Å²) < 4.78 is 0. The van der Waals surface area contributed by atoms with E-state index in [1.165, 1.54) is 13.5 Å². The van der Waals surface area contributed by atoms with Gasteiger partial charge in [0.2, 0.25) is 0 Å². The molecule has 34 heavy (non-hydrogen) atoms. The van der Waals surface area contributed by atoms with Gasteiger partial charge in [-0.05, 0) is 33.5 Å². The average molecular weight is 510 g/mol. The number of hydrogen-bond donors (Lipinski definition) is 7. The molecule has 0 rings (SSSR count). The van der Waals surface area contributed by atoms with Crippen molar-refractivity contribution >= 4 is 0 Å². The van der Waals surface area contributed by atoms with Gasteiger partial charge in [0.25, 0.3) is 0 Å². The number of rotatable bonds is 0. The van der Waals surface area contributed by atoms with Crippen molar-refractivity contribution in [2.45, 2.75) is 170 Å². The Bertz CT molecular complexity index is 70.5. The summed E-state index contributed by atoms with van der Waals surface area (Å²) >= 11 is 0. The van der Waals surface area contributed by atoms with E-state index >= 15 is 0 Å². The van der Waals surface area contributed by atoms with Crippen LogP contribution in [0.1, 0.15) is 152 Å². The first-order chi connectivity index (χ1) is 16.0. The third kappa shape index (κ3) is 382000. The van der Waals surface area contributed by atoms with Crippen molar-refractivity contribution < 1.29 is 0 Å². The lowest BCUT2D eigenvalue weighted by molar-refractivity contribution is 0.790. The lowest BCUT2D eigenvalue weighted by Gasteiger charge is -1.83. The maximum absolute atomic E-state index is 5.11. The minimum absolute atomic E-state index is 0.167. The molecule has 0 fully saturated rings. The second kappa shape index (κ2) is 286. The van der Waals surface area contributed by atoms with E-state index in [0.717, 1.165) is 6.54 Å². The van der Waals surface area contributed by atoms with Crippen LogP contribution >= 0.6 is 0 Å². The summed E-state index contributed by atoms with van der Waals surface area (Å²) in [6.07, 6.45) is 0.917. The molecule has 0 spiro atoms. The molecular formula is C27H87N7. The molecule has 14 N–H and O–H groups in total. The summed E-state index contributed by atoms with van der Waals surface area (Å²) in [6.45, 7) is 42.2. The van der Waals surface area contributed by atoms with E-state index < -0.39 is 0 Å². The summed E-state index contributed by atoms with van der Waals surface area (Å²) in [5.74, 6) is 0. The number of nitrogens with two attached hydrogens (primary N) is 7. The molecule has 0 aromatic rings. The molecule has 0 radical (unpaired) electrons. The van der Waals surface area contributed by atoms with Gasteiger partial charge >= 0.3 is 0 Å². The van der Waals surface area contributed by atoms with Crippen molar-refractivity contribution in [3.05, 3.63) is 0 Å². The molecule has 7 heteroatoms. The molecule has 0 amide bonds. The summed E-state index contributed by atoms with van der Waals surface area (Å²) in [4.78, 5) is 0. The molecule has 0 aliphatic carbocycles. The lowest BCUT2D eigenvalue weighted by atomic mass is 10.5. The smallest absolute Gasteiger partial charge is 0.0491 e. The van der Waals surface area contributed by atoms with Gasteiger partial charge in [-0.1, -0.05) is 138 Å². The van der Waals surface area contributed by atoms with Gasteiger partial charge < -0.3 is 40.1 Å². The molecule has 0 saturated heterocycles. The Hall–Kier alpha value is -0.280. The van der Waals surface area contributed by atoms with Crippen molar-refractivity contribution in [3.63, 3.8) is 0 Å². The topological polar surface area (TPSA) is 182 Å². The van der Waals surface area contributed by atoms with E-state index in [1.54, 1.807) is 13.8 Å². The van der Waals surface area contributed by atoms with Crippen LogP contribution in [0.15, 0.2) is 0 Å². The van der Waals surface area contributed by atoms with Crippen LogP contribution in [-0.4, -0.2) is 32.0 Å². The second-order valence-electron chi connectivity index (χ2n) is 4.08. The van der Waals surface area contributed by atoms with Crippen molar-refractivity contribution in [1.82, 2.24) is 0 Å². The maximum Gasteiger partial charge on any atom is 0.0491 e. The first-order valence-electron chi connectivity index (χ1n) is 14.1. The Balaban J connectivity index is -0.0000000130. The summed E-state index contributed by atoms with van der Waals surface area (Å²) in [5, 5.41) is 0. The van der Waals surface area contributed by atoms with Crippen LogP contribution in [-0.2, 0) is 0 Å². The molecule has 0 aromatic carbocycles. The van der Waals surface area contributed by atoms with Crippen LogP contribution in [0.2, 0.25) is 0 Å². The van der Waals surface area contributed by atoms with Crippen LogP contribution in [0.25, 0.3) is 0 Å². The zero-order valence-electron chi connectivity index (χ0n) is 29.2. The molecular weight excluding hydrogens is 422 g/mol. The van der Waals surface area contributed by atoms with Gasteiger partial charge in [0.15, 0.2) is 0 Å². The van der Waals surface area contributed by atoms with Crippen LogP contribution in [0.3, 0.4) is 0 Å². The SMILES string of the molecule is CC.CC.CC.CC.CC.CC.CC.CC(C)N.CC(N)N.CC(N)N.CCC.CCN.CN. The lowest BCUT2D eigenvalue weighted by Crippen LogP contribution is -2.25. The van der Waals surface area contributed by atoms with E-state index in [-0.39, 0.29) is 12.3 Å². The fraction of sp³-hybridized carbons (Fsp3) is 1.00. The monoisotopic (exact) mass is 510 g/mol. The third-order valence-corrected chi connectivity index (χ3v) is 0. The van der Waals surface area contributed by atoms with Crippen LogP contribution in [0.5, 0.6) is 0 Å². The summed E-state index contributed by atoms with van der Waals surface area (Å²) in [6, 6.07) is 0.333. The molecule has 0 unspecified atom stereocenters. The van der Waals surface area contributed by atoms with Crippen molar-refractivity contribution in [2.24, 2.45) is 40.1 Å². The van der Waals surface area contributed by atoms with E-state index in [9.17, 15) is 0 Å². The molecule has 0 saturated carbocycles. The van der Waals surface area contributed by atoms with Gasteiger partial charge in [-0.15, -0.1) is 0 Å². The van der Waals surface area contributed by atoms with Crippen molar-refractivity contribution in [2.75, 3.05) is 13.6 Å². The standard InChI is InChI=1S/C3H9N.C3H8.2C2H8N2.C2H7N.7C2H6.CH5N/c1-3(2)4;1-3-2;2*1-2(3)4;1-2-3;8*1-2/h3H,4H2,1-2H3;3H2,1-2H3;2*2H,3-4H2,1H3;2-3H2,1H3;7*1-2H3;2H2,1H3. The van der Waals surface area contributed by atoms with Gasteiger partial charge in [-0.3, -0.25) is 0 Å². The van der Waals surface area contributed by atoms with E-state index in [1.807, 2.05) is 118 Å². The van der Waals surface area contributed by atoms with Gasteiger partial charge in [-0.2, -0.15) is 0 Å². The van der Waals surface area contributed by atoms with Gasteiger partial charge in [0.05, 0.1) is 0 Å². The fourth-order valence-electron chi connectivity index (χ4n) is 0. The van der Waals surface area contributed by atoms with E-state index in [2.05, 4.69) is 19.6 Å². The highest BCUT2D eigenvalue weighted by Gasteiger charge is 1.67. The minimum Gasteiger partial charge on any atom is -0.333 e. The molecule has 230 valence electrons. The van der Waals surface area contributed by atoms with Crippen LogP contribution in [0, 0.1) is 0 Å². The Morgan fingerprint density at radius 1 is 0.412 bits per heavy atom. The van der Waals surface area contributed by atoms with Gasteiger partial charge in [-0.25, -0.2) is 0 Å². The fourth-order valence-corrected chi connectivity index (χ4v) is 0. The summed E-state index contributed by atoms with van der Waals surface area (Å²) in [5.41, 5.74) is 34.0. The van der Waals surface area contributed by atoms with Crippen LogP contribution in [0.4, 0.5) is 0 Å². The largest absolute Gasteiger partial charge is 0.333 e. The van der Waals surface area contributed by atoms with E-state index in [0.29, 0.717) is 6.04 Å². The Labute approximate surface area is 224 Å². The zero-order chi connectivity index (χ0) is 32.1. The molecule has 0 aliphatic rings. The van der Waals surface area contributed by atoms with Crippen molar-refractivity contribution in [3.8, 4) is 0 Å². The highest BCUT2D eigenvalue weighted by atomic mass is 14.8. The maximum atomic E-state index is 5.11. The van der Waals surface area contributed by atoms with Gasteiger partial charge in [0, 0.05) is 12.3 Å². The molecule has 0 bridgehead atoms. The first-order valence-corrected chi connectivity index (χ1v) is 14.1. The van der Waals surface area contributed by atoms with E-state index in [4.69, 9.17) is 34.4 Å². The molecule has 0 heterocycles. The normalized spacial score (nSPS) is 5.65. The minimum atomic E-state index is -0.167. The highest BCUT2D eigenvalue weighted by molar-refractivity contribution is 4.32. The first kappa shape index (κ1) is 84.1. The van der Waals surface area contributed by atoms with Gasteiger partial charge in [0.1, 0.15) is 0 Å².